The SMILES string of the molecule is Cc1[nH]c(C(=O)N2CCN(S(=O)(=O)c3ccc(F)cc3F)CC2)c(C)c1C(=O)OC(C)C. The number of nitrogens with zero attached hydrogens (tertiary/aromatic N) is 2. The van der Waals surface area contributed by atoms with E-state index in [1.54, 1.807) is 27.7 Å². The van der Waals surface area contributed by atoms with Gasteiger partial charge in [-0.15, -0.1) is 0 Å². The van der Waals surface area contributed by atoms with Crippen molar-refractivity contribution >= 4 is 21.9 Å². The fourth-order valence-electron chi connectivity index (χ4n) is 3.66. The molecule has 0 unspecified atom stereocenters. The average Bonchev–Trinajstić information content (AvgIpc) is 3.00. The van der Waals surface area contributed by atoms with Gasteiger partial charge in [-0.1, -0.05) is 0 Å². The van der Waals surface area contributed by atoms with E-state index in [0.717, 1.165) is 16.4 Å². The fourth-order valence-corrected chi connectivity index (χ4v) is 5.12. The van der Waals surface area contributed by atoms with Crippen molar-refractivity contribution in [1.82, 2.24) is 14.2 Å². The molecule has 1 aromatic heterocycles. The number of H-pyrrole nitrogens is 1. The second-order valence-electron chi connectivity index (χ2n) is 7.85. The van der Waals surface area contributed by atoms with E-state index in [1.165, 1.54) is 4.90 Å². The van der Waals surface area contributed by atoms with Crippen molar-refractivity contribution in [2.45, 2.75) is 38.7 Å². The van der Waals surface area contributed by atoms with Gasteiger partial charge in [-0.25, -0.2) is 22.0 Å². The van der Waals surface area contributed by atoms with Crippen LogP contribution < -0.4 is 0 Å². The van der Waals surface area contributed by atoms with Gasteiger partial charge in [0.2, 0.25) is 10.0 Å². The maximum Gasteiger partial charge on any atom is 0.340 e. The topological polar surface area (TPSA) is 99.8 Å². The summed E-state index contributed by atoms with van der Waals surface area (Å²) in [5, 5.41) is 0. The van der Waals surface area contributed by atoms with Gasteiger partial charge in [0.25, 0.3) is 5.91 Å². The number of aromatic nitrogens is 1. The summed E-state index contributed by atoms with van der Waals surface area (Å²) in [6.45, 7) is 6.82. The first-order valence-electron chi connectivity index (χ1n) is 10.1. The molecule has 0 atom stereocenters. The van der Waals surface area contributed by atoms with Gasteiger partial charge in [-0.3, -0.25) is 4.79 Å². The van der Waals surface area contributed by atoms with E-state index in [0.29, 0.717) is 22.9 Å². The minimum absolute atomic E-state index is 0.0497. The van der Waals surface area contributed by atoms with Crippen molar-refractivity contribution in [3.63, 3.8) is 0 Å². The monoisotopic (exact) mass is 469 g/mol. The molecular formula is C21H25F2N3O5S. The molecule has 1 amide bonds. The molecule has 3 rings (SSSR count). The molecular weight excluding hydrogens is 444 g/mol. The van der Waals surface area contributed by atoms with Gasteiger partial charge in [0, 0.05) is 37.9 Å². The molecule has 8 nitrogen and oxygen atoms in total. The van der Waals surface area contributed by atoms with E-state index in [1.807, 2.05) is 0 Å². The summed E-state index contributed by atoms with van der Waals surface area (Å²) in [4.78, 5) is 29.2. The molecule has 2 heterocycles. The minimum Gasteiger partial charge on any atom is -0.459 e. The highest BCUT2D eigenvalue weighted by molar-refractivity contribution is 7.89. The number of aryl methyl sites for hydroxylation is 1. The molecule has 1 aliphatic heterocycles. The zero-order valence-corrected chi connectivity index (χ0v) is 19.1. The van der Waals surface area contributed by atoms with Crippen LogP contribution in [0.25, 0.3) is 0 Å². The third kappa shape index (κ3) is 4.53. The number of piperazine rings is 1. The second-order valence-corrected chi connectivity index (χ2v) is 9.76. The van der Waals surface area contributed by atoms with Crippen LogP contribution in [-0.4, -0.2) is 66.8 Å². The molecule has 1 aliphatic rings. The molecule has 32 heavy (non-hydrogen) atoms. The highest BCUT2D eigenvalue weighted by Crippen LogP contribution is 2.24. The first kappa shape index (κ1) is 23.9. The lowest BCUT2D eigenvalue weighted by atomic mass is 10.1. The Kier molecular flexibility index (Phi) is 6.70. The molecule has 0 aliphatic carbocycles. The van der Waals surface area contributed by atoms with E-state index in [-0.39, 0.29) is 43.9 Å². The molecule has 1 fully saturated rings. The zero-order chi connectivity index (χ0) is 23.8. The number of nitrogens with one attached hydrogen (secondary N) is 1. The van der Waals surface area contributed by atoms with E-state index in [9.17, 15) is 26.8 Å². The lowest BCUT2D eigenvalue weighted by Gasteiger charge is -2.34. The predicted octanol–water partition coefficient (Wildman–Crippen LogP) is 2.62. The Labute approximate surface area is 185 Å². The summed E-state index contributed by atoms with van der Waals surface area (Å²) < 4.78 is 58.9. The molecule has 0 radical (unpaired) electrons. The standard InChI is InChI=1S/C21H25F2N3O5S/c1-12(2)31-21(28)18-13(3)19(24-14(18)4)20(27)25-7-9-26(10-8-25)32(29,30)17-6-5-15(22)11-16(17)23/h5-6,11-12,24H,7-10H2,1-4H3. The normalized spacial score (nSPS) is 15.3. The Bertz CT molecular complexity index is 1150. The summed E-state index contributed by atoms with van der Waals surface area (Å²) in [5.41, 5.74) is 1.50. The first-order valence-corrected chi connectivity index (χ1v) is 11.5. The van der Waals surface area contributed by atoms with Crippen LogP contribution in [0.5, 0.6) is 0 Å². The van der Waals surface area contributed by atoms with Crippen LogP contribution in [0.1, 0.15) is 46.0 Å². The van der Waals surface area contributed by atoms with Crippen LogP contribution in [0.3, 0.4) is 0 Å². The maximum absolute atomic E-state index is 14.0. The number of hydrogen-bond acceptors (Lipinski definition) is 5. The van der Waals surface area contributed by atoms with Crippen LogP contribution in [-0.2, 0) is 14.8 Å². The Morgan fingerprint density at radius 1 is 1.09 bits per heavy atom. The number of esters is 1. The van der Waals surface area contributed by atoms with Crippen LogP contribution in [0.4, 0.5) is 8.78 Å². The van der Waals surface area contributed by atoms with Crippen LogP contribution in [0.2, 0.25) is 0 Å². The summed E-state index contributed by atoms with van der Waals surface area (Å²) in [7, 11) is -4.17. The van der Waals surface area contributed by atoms with Crippen LogP contribution in [0.15, 0.2) is 23.1 Å². The molecule has 0 spiro atoms. The lowest BCUT2D eigenvalue weighted by Crippen LogP contribution is -2.50. The molecule has 1 N–H and O–H groups in total. The Morgan fingerprint density at radius 3 is 2.28 bits per heavy atom. The largest absolute Gasteiger partial charge is 0.459 e. The van der Waals surface area contributed by atoms with Gasteiger partial charge >= 0.3 is 5.97 Å². The number of aromatic amines is 1. The Balaban J connectivity index is 1.74. The minimum atomic E-state index is -4.17. The smallest absolute Gasteiger partial charge is 0.340 e. The van der Waals surface area contributed by atoms with Crippen molar-refractivity contribution in [1.29, 1.82) is 0 Å². The third-order valence-electron chi connectivity index (χ3n) is 5.24. The summed E-state index contributed by atoms with van der Waals surface area (Å²) >= 11 is 0. The van der Waals surface area contributed by atoms with E-state index in [2.05, 4.69) is 4.98 Å². The number of amides is 1. The van der Waals surface area contributed by atoms with Gasteiger partial charge in [0.15, 0.2) is 0 Å². The highest BCUT2D eigenvalue weighted by Gasteiger charge is 2.34. The van der Waals surface area contributed by atoms with Crippen molar-refractivity contribution < 1.29 is 31.5 Å². The number of carbonyl (C=O) groups excluding carboxylic acids is 2. The van der Waals surface area contributed by atoms with Crippen molar-refractivity contribution in [3.8, 4) is 0 Å². The average molecular weight is 470 g/mol. The van der Waals surface area contributed by atoms with Gasteiger partial charge in [-0.05, 0) is 45.4 Å². The van der Waals surface area contributed by atoms with Crippen molar-refractivity contribution in [3.05, 3.63) is 52.3 Å². The van der Waals surface area contributed by atoms with E-state index in [4.69, 9.17) is 4.74 Å². The van der Waals surface area contributed by atoms with E-state index < -0.39 is 32.5 Å². The zero-order valence-electron chi connectivity index (χ0n) is 18.2. The number of hydrogen-bond donors (Lipinski definition) is 1. The number of sulfonamides is 1. The molecule has 174 valence electrons. The van der Waals surface area contributed by atoms with Crippen molar-refractivity contribution in [2.75, 3.05) is 26.2 Å². The summed E-state index contributed by atoms with van der Waals surface area (Å²) in [5.74, 6) is -2.94. The van der Waals surface area contributed by atoms with Gasteiger partial charge in [0.05, 0.1) is 11.7 Å². The predicted molar refractivity (Wildman–Crippen MR) is 112 cm³/mol. The summed E-state index contributed by atoms with van der Waals surface area (Å²) in [6, 6.07) is 2.29. The van der Waals surface area contributed by atoms with Gasteiger partial charge in [-0.2, -0.15) is 4.31 Å². The third-order valence-corrected chi connectivity index (χ3v) is 7.17. The molecule has 11 heteroatoms. The van der Waals surface area contributed by atoms with Crippen LogP contribution in [0, 0.1) is 25.5 Å². The first-order chi connectivity index (χ1) is 14.9. The molecule has 2 aromatic rings. The number of rotatable bonds is 5. The molecule has 0 bridgehead atoms. The summed E-state index contributed by atoms with van der Waals surface area (Å²) in [6.07, 6.45) is -0.309. The van der Waals surface area contributed by atoms with Gasteiger partial charge in [0.1, 0.15) is 22.2 Å². The quantitative estimate of drug-likeness (QED) is 0.679. The number of benzene rings is 1. The molecule has 1 saturated heterocycles. The number of ether oxygens (including phenoxy) is 1. The molecule has 1 aromatic carbocycles. The Hall–Kier alpha value is -2.79. The second kappa shape index (κ2) is 8.99. The highest BCUT2D eigenvalue weighted by atomic mass is 32.2. The Morgan fingerprint density at radius 2 is 1.72 bits per heavy atom. The maximum atomic E-state index is 14.0. The van der Waals surface area contributed by atoms with Gasteiger partial charge < -0.3 is 14.6 Å². The van der Waals surface area contributed by atoms with Crippen molar-refractivity contribution in [2.24, 2.45) is 0 Å². The number of carbonyl (C=O) groups is 2. The lowest BCUT2D eigenvalue weighted by molar-refractivity contribution is 0.0376. The molecule has 0 saturated carbocycles. The van der Waals surface area contributed by atoms with E-state index >= 15 is 0 Å². The fraction of sp³-hybridized carbons (Fsp3) is 0.429. The van der Waals surface area contributed by atoms with Crippen LogP contribution >= 0.6 is 0 Å². The number of halogens is 2.